The summed E-state index contributed by atoms with van der Waals surface area (Å²) in [7, 11) is -1.52. The van der Waals surface area contributed by atoms with E-state index in [0.29, 0.717) is 12.1 Å². The number of aryl methyl sites for hydroxylation is 1. The molecule has 10 heteroatoms. The lowest BCUT2D eigenvalue weighted by Gasteiger charge is -2.23. The zero-order chi connectivity index (χ0) is 16.7. The van der Waals surface area contributed by atoms with E-state index in [1.807, 2.05) is 0 Å². The Morgan fingerprint density at radius 1 is 1.50 bits per heavy atom. The molecule has 2 heterocycles. The maximum absolute atomic E-state index is 12.3. The predicted octanol–water partition coefficient (Wildman–Crippen LogP) is 0.0536. The van der Waals surface area contributed by atoms with E-state index in [1.165, 1.54) is 23.4 Å². The van der Waals surface area contributed by atoms with Gasteiger partial charge in [-0.1, -0.05) is 0 Å². The number of sulfone groups is 1. The van der Waals surface area contributed by atoms with E-state index < -0.39 is 14.8 Å². The molecule has 0 saturated carbocycles. The largest absolute Gasteiger partial charge is 0.340 e. The number of amides is 1. The number of hydrogen-bond acceptors (Lipinski definition) is 6. The van der Waals surface area contributed by atoms with E-state index in [4.69, 9.17) is 0 Å². The highest BCUT2D eigenvalue weighted by Crippen LogP contribution is 2.22. The molecule has 1 atom stereocenters. The van der Waals surface area contributed by atoms with Gasteiger partial charge in [-0.2, -0.15) is 5.10 Å². The van der Waals surface area contributed by atoms with Crippen molar-refractivity contribution in [2.75, 3.05) is 18.6 Å². The minimum absolute atomic E-state index is 0.0352. The molecule has 2 rings (SSSR count). The van der Waals surface area contributed by atoms with Crippen molar-refractivity contribution in [1.82, 2.24) is 14.7 Å². The standard InChI is InChI=1S/C12H18N4O5S/c1-8-12(16(18)19)9(2)15(13-8)6-11(17)14(3)10-4-5-22(20,21)7-10/h10H,4-7H2,1-3H3/t10-/m1/s1. The van der Waals surface area contributed by atoms with Crippen molar-refractivity contribution in [2.45, 2.75) is 32.9 Å². The summed E-state index contributed by atoms with van der Waals surface area (Å²) in [5, 5.41) is 15.0. The Morgan fingerprint density at radius 2 is 2.14 bits per heavy atom. The van der Waals surface area contributed by atoms with Crippen LogP contribution in [0.3, 0.4) is 0 Å². The first-order valence-electron chi connectivity index (χ1n) is 6.77. The van der Waals surface area contributed by atoms with Crippen molar-refractivity contribution in [1.29, 1.82) is 0 Å². The van der Waals surface area contributed by atoms with Gasteiger partial charge in [-0.05, 0) is 20.3 Å². The Hall–Kier alpha value is -1.97. The van der Waals surface area contributed by atoms with Gasteiger partial charge >= 0.3 is 5.69 Å². The van der Waals surface area contributed by atoms with E-state index in [-0.39, 0.29) is 41.4 Å². The van der Waals surface area contributed by atoms with Gasteiger partial charge in [0.05, 0.1) is 16.4 Å². The first kappa shape index (κ1) is 16.4. The van der Waals surface area contributed by atoms with E-state index in [0.717, 1.165) is 0 Å². The summed E-state index contributed by atoms with van der Waals surface area (Å²) in [6.45, 7) is 2.90. The molecule has 1 fully saturated rings. The van der Waals surface area contributed by atoms with E-state index in [9.17, 15) is 23.3 Å². The Morgan fingerprint density at radius 3 is 2.59 bits per heavy atom. The first-order valence-corrected chi connectivity index (χ1v) is 8.59. The van der Waals surface area contributed by atoms with Gasteiger partial charge in [0.25, 0.3) is 0 Å². The molecular formula is C12H18N4O5S. The summed E-state index contributed by atoms with van der Waals surface area (Å²) in [4.78, 5) is 24.1. The Labute approximate surface area is 128 Å². The van der Waals surface area contributed by atoms with Crippen molar-refractivity contribution in [2.24, 2.45) is 0 Å². The highest BCUT2D eigenvalue weighted by molar-refractivity contribution is 7.91. The number of carbonyl (C=O) groups excluding carboxylic acids is 1. The molecule has 0 unspecified atom stereocenters. The minimum Gasteiger partial charge on any atom is -0.340 e. The van der Waals surface area contributed by atoms with Crippen LogP contribution in [0.25, 0.3) is 0 Å². The summed E-state index contributed by atoms with van der Waals surface area (Å²) in [6, 6.07) is -0.343. The lowest BCUT2D eigenvalue weighted by molar-refractivity contribution is -0.386. The summed E-state index contributed by atoms with van der Waals surface area (Å²) in [5.74, 6) is -0.268. The number of carbonyl (C=O) groups is 1. The summed E-state index contributed by atoms with van der Waals surface area (Å²) < 4.78 is 24.2. The van der Waals surface area contributed by atoms with Crippen LogP contribution in [0, 0.1) is 24.0 Å². The predicted molar refractivity (Wildman–Crippen MR) is 78.2 cm³/mol. The molecule has 0 spiro atoms. The molecule has 1 aromatic heterocycles. The van der Waals surface area contributed by atoms with Gasteiger partial charge in [-0.15, -0.1) is 0 Å². The molecule has 1 amide bonds. The SMILES string of the molecule is Cc1nn(CC(=O)N(C)[C@@H]2CCS(=O)(=O)C2)c(C)c1[N+](=O)[O-]. The van der Waals surface area contributed by atoms with Crippen LogP contribution in [0.4, 0.5) is 5.69 Å². The lowest BCUT2D eigenvalue weighted by atomic mass is 10.2. The normalized spacial score (nSPS) is 20.0. The summed E-state index contributed by atoms with van der Waals surface area (Å²) >= 11 is 0. The Bertz CT molecular complexity index is 724. The smallest absolute Gasteiger partial charge is 0.312 e. The molecular weight excluding hydrogens is 312 g/mol. The molecule has 122 valence electrons. The highest BCUT2D eigenvalue weighted by Gasteiger charge is 2.33. The molecule has 1 aliphatic rings. The molecule has 0 bridgehead atoms. The maximum Gasteiger partial charge on any atom is 0.312 e. The monoisotopic (exact) mass is 330 g/mol. The number of likely N-dealkylation sites (N-methyl/N-ethyl adjacent to an activating group) is 1. The number of rotatable bonds is 4. The zero-order valence-electron chi connectivity index (χ0n) is 12.6. The fourth-order valence-corrected chi connectivity index (χ4v) is 4.40. The summed E-state index contributed by atoms with van der Waals surface area (Å²) in [5.41, 5.74) is 0.462. The molecule has 22 heavy (non-hydrogen) atoms. The van der Waals surface area contributed by atoms with E-state index in [1.54, 1.807) is 7.05 Å². The topological polar surface area (TPSA) is 115 Å². The van der Waals surface area contributed by atoms with Crippen LogP contribution in [0.1, 0.15) is 17.8 Å². The Balaban J connectivity index is 2.13. The second kappa shape index (κ2) is 5.67. The molecule has 1 aliphatic heterocycles. The molecule has 1 aromatic rings. The van der Waals surface area contributed by atoms with Crippen LogP contribution in [0.2, 0.25) is 0 Å². The van der Waals surface area contributed by atoms with Crippen LogP contribution in [0.15, 0.2) is 0 Å². The molecule has 0 radical (unpaired) electrons. The third-order valence-electron chi connectivity index (χ3n) is 3.96. The van der Waals surface area contributed by atoms with Gasteiger partial charge in [0.15, 0.2) is 9.84 Å². The van der Waals surface area contributed by atoms with Crippen molar-refractivity contribution in [3.05, 3.63) is 21.5 Å². The second-order valence-electron chi connectivity index (χ2n) is 5.50. The van der Waals surface area contributed by atoms with Gasteiger partial charge < -0.3 is 4.90 Å². The average molecular weight is 330 g/mol. The number of nitro groups is 1. The van der Waals surface area contributed by atoms with Gasteiger partial charge in [-0.25, -0.2) is 8.42 Å². The highest BCUT2D eigenvalue weighted by atomic mass is 32.2. The quantitative estimate of drug-likeness (QED) is 0.569. The maximum atomic E-state index is 12.3. The Kier molecular flexibility index (Phi) is 4.23. The van der Waals surface area contributed by atoms with Crippen LogP contribution >= 0.6 is 0 Å². The van der Waals surface area contributed by atoms with Gasteiger partial charge in [0, 0.05) is 13.1 Å². The molecule has 0 aromatic carbocycles. The molecule has 1 saturated heterocycles. The number of aromatic nitrogens is 2. The lowest BCUT2D eigenvalue weighted by Crippen LogP contribution is -2.40. The van der Waals surface area contributed by atoms with E-state index in [2.05, 4.69) is 5.10 Å². The van der Waals surface area contributed by atoms with Crippen molar-refractivity contribution < 1.29 is 18.1 Å². The van der Waals surface area contributed by atoms with Crippen molar-refractivity contribution in [3.8, 4) is 0 Å². The number of hydrogen-bond donors (Lipinski definition) is 0. The average Bonchev–Trinajstić information content (AvgIpc) is 2.89. The van der Waals surface area contributed by atoms with Crippen LogP contribution < -0.4 is 0 Å². The van der Waals surface area contributed by atoms with E-state index >= 15 is 0 Å². The van der Waals surface area contributed by atoms with Gasteiger partial charge in [0.2, 0.25) is 5.91 Å². The first-order chi connectivity index (χ1) is 10.1. The van der Waals surface area contributed by atoms with Crippen LogP contribution in [0.5, 0.6) is 0 Å². The summed E-state index contributed by atoms with van der Waals surface area (Å²) in [6.07, 6.45) is 0.418. The van der Waals surface area contributed by atoms with Crippen molar-refractivity contribution >= 4 is 21.4 Å². The second-order valence-corrected chi connectivity index (χ2v) is 7.72. The number of nitrogens with zero attached hydrogens (tertiary/aromatic N) is 4. The fraction of sp³-hybridized carbons (Fsp3) is 0.667. The molecule has 9 nitrogen and oxygen atoms in total. The van der Waals surface area contributed by atoms with Crippen LogP contribution in [-0.4, -0.2) is 58.5 Å². The minimum atomic E-state index is -3.07. The molecule has 0 N–H and O–H groups in total. The zero-order valence-corrected chi connectivity index (χ0v) is 13.5. The molecule has 0 aliphatic carbocycles. The van der Waals surface area contributed by atoms with Gasteiger partial charge in [-0.3, -0.25) is 19.6 Å². The van der Waals surface area contributed by atoms with Crippen molar-refractivity contribution in [3.63, 3.8) is 0 Å². The third-order valence-corrected chi connectivity index (χ3v) is 5.71. The van der Waals surface area contributed by atoms with Crippen LogP contribution in [-0.2, 0) is 21.2 Å². The van der Waals surface area contributed by atoms with Gasteiger partial charge in [0.1, 0.15) is 17.9 Å². The fourth-order valence-electron chi connectivity index (χ4n) is 2.63. The third kappa shape index (κ3) is 3.11.